The predicted molar refractivity (Wildman–Crippen MR) is 69.9 cm³/mol. The number of carbonyl (C=O) groups is 1. The smallest absolute Gasteiger partial charge is 0.343 e. The van der Waals surface area contributed by atoms with Crippen LogP contribution in [-0.2, 0) is 14.8 Å². The number of hydrogen-bond acceptors (Lipinski definition) is 4. The fourth-order valence-corrected chi connectivity index (χ4v) is 3.02. The van der Waals surface area contributed by atoms with E-state index in [0.717, 1.165) is 19.2 Å². The molecule has 0 radical (unpaired) electrons. The summed E-state index contributed by atoms with van der Waals surface area (Å²) < 4.78 is 57.0. The molecule has 0 atom stereocenters. The Morgan fingerprint density at radius 2 is 1.95 bits per heavy atom. The molecule has 0 saturated heterocycles. The van der Waals surface area contributed by atoms with Crippen LogP contribution in [0.5, 0.6) is 0 Å². The summed E-state index contributed by atoms with van der Waals surface area (Å²) in [6.07, 6.45) is 0. The second kappa shape index (κ2) is 6.17. The molecule has 0 unspecified atom stereocenters. The summed E-state index contributed by atoms with van der Waals surface area (Å²) in [5.74, 6) is -4.04. The van der Waals surface area contributed by atoms with Gasteiger partial charge >= 0.3 is 5.97 Å². The monoisotopic (exact) mass is 307 g/mol. The first-order valence-corrected chi connectivity index (χ1v) is 7.40. The Morgan fingerprint density at radius 1 is 1.35 bits per heavy atom. The lowest BCUT2D eigenvalue weighted by Crippen LogP contribution is -2.21. The molecular weight excluding hydrogens is 292 g/mol. The van der Waals surface area contributed by atoms with Crippen LogP contribution in [0.15, 0.2) is 12.1 Å². The number of esters is 1. The van der Waals surface area contributed by atoms with Gasteiger partial charge in [0.25, 0.3) is 0 Å². The largest absolute Gasteiger partial charge is 0.465 e. The normalized spacial score (nSPS) is 11.5. The Hall–Kier alpha value is -1.70. The van der Waals surface area contributed by atoms with Gasteiger partial charge in [0.05, 0.1) is 18.6 Å². The second-order valence-electron chi connectivity index (χ2n) is 4.55. The molecule has 0 aliphatic heterocycles. The van der Waals surface area contributed by atoms with Crippen LogP contribution in [0.1, 0.15) is 24.2 Å². The highest BCUT2D eigenvalue weighted by molar-refractivity contribution is 7.92. The third-order valence-electron chi connectivity index (χ3n) is 2.30. The molecule has 1 N–H and O–H groups in total. The quantitative estimate of drug-likeness (QED) is 0.846. The number of rotatable bonds is 5. The molecule has 1 aromatic carbocycles. The van der Waals surface area contributed by atoms with E-state index >= 15 is 0 Å². The van der Waals surface area contributed by atoms with Crippen LogP contribution < -0.4 is 4.72 Å². The van der Waals surface area contributed by atoms with Crippen LogP contribution in [0.25, 0.3) is 0 Å². The molecule has 8 heteroatoms. The third kappa shape index (κ3) is 3.89. The van der Waals surface area contributed by atoms with Gasteiger partial charge in [0.2, 0.25) is 10.0 Å². The molecule has 0 bridgehead atoms. The van der Waals surface area contributed by atoms with Crippen molar-refractivity contribution in [2.24, 2.45) is 5.92 Å². The van der Waals surface area contributed by atoms with E-state index in [1.165, 1.54) is 0 Å². The van der Waals surface area contributed by atoms with Crippen LogP contribution in [0, 0.1) is 17.6 Å². The molecule has 5 nitrogen and oxygen atoms in total. The predicted octanol–water partition coefficient (Wildman–Crippen LogP) is 2.15. The number of ether oxygens (including phenoxy) is 1. The summed E-state index contributed by atoms with van der Waals surface area (Å²) in [4.78, 5) is 11.3. The molecule has 0 aliphatic carbocycles. The van der Waals surface area contributed by atoms with Crippen molar-refractivity contribution in [3.05, 3.63) is 29.3 Å². The first-order chi connectivity index (χ1) is 9.18. The first kappa shape index (κ1) is 16.4. The number of benzene rings is 1. The van der Waals surface area contributed by atoms with Gasteiger partial charge in [-0.2, -0.15) is 0 Å². The maximum Gasteiger partial charge on any atom is 0.343 e. The van der Waals surface area contributed by atoms with Gasteiger partial charge in [-0.05, 0) is 18.1 Å². The molecular formula is C12H15F2NO4S. The highest BCUT2D eigenvalue weighted by atomic mass is 32.2. The van der Waals surface area contributed by atoms with Crippen LogP contribution >= 0.6 is 0 Å². The molecule has 0 saturated carbocycles. The standard InChI is InChI=1S/C12H15F2NO4S/c1-7(2)6-20(17,18)15-9-5-4-8(13)10(11(9)14)12(16)19-3/h4-5,7,15H,6H2,1-3H3. The molecule has 0 fully saturated rings. The molecule has 0 aliphatic rings. The van der Waals surface area contributed by atoms with E-state index in [-0.39, 0.29) is 11.7 Å². The molecule has 20 heavy (non-hydrogen) atoms. The number of methoxy groups -OCH3 is 1. The maximum absolute atomic E-state index is 14.0. The van der Waals surface area contributed by atoms with Gasteiger partial charge in [0, 0.05) is 0 Å². The molecule has 0 spiro atoms. The Bertz CT molecular complexity index is 614. The van der Waals surface area contributed by atoms with Gasteiger partial charge in [-0.3, -0.25) is 4.72 Å². The van der Waals surface area contributed by atoms with Crippen molar-refractivity contribution in [3.63, 3.8) is 0 Å². The van der Waals surface area contributed by atoms with Gasteiger partial charge in [-0.1, -0.05) is 13.8 Å². The topological polar surface area (TPSA) is 72.5 Å². The summed E-state index contributed by atoms with van der Waals surface area (Å²) in [7, 11) is -2.81. The van der Waals surface area contributed by atoms with E-state index in [1.807, 2.05) is 4.72 Å². The van der Waals surface area contributed by atoms with Crippen molar-refractivity contribution >= 4 is 21.7 Å². The van der Waals surface area contributed by atoms with Gasteiger partial charge in [-0.25, -0.2) is 22.0 Å². The molecule has 1 aromatic rings. The lowest BCUT2D eigenvalue weighted by Gasteiger charge is -2.12. The van der Waals surface area contributed by atoms with Gasteiger partial charge in [0.1, 0.15) is 11.4 Å². The zero-order valence-corrected chi connectivity index (χ0v) is 12.1. The molecule has 0 amide bonds. The molecule has 112 valence electrons. The number of sulfonamides is 1. The summed E-state index contributed by atoms with van der Waals surface area (Å²) in [5, 5.41) is 0. The maximum atomic E-state index is 14.0. The lowest BCUT2D eigenvalue weighted by atomic mass is 10.2. The van der Waals surface area contributed by atoms with Crippen LogP contribution in [0.4, 0.5) is 14.5 Å². The minimum Gasteiger partial charge on any atom is -0.465 e. The number of halogens is 2. The number of nitrogens with one attached hydrogen (secondary N) is 1. The minimum absolute atomic E-state index is 0.170. The Morgan fingerprint density at radius 3 is 2.45 bits per heavy atom. The van der Waals surface area contributed by atoms with E-state index in [9.17, 15) is 22.0 Å². The zero-order chi connectivity index (χ0) is 15.5. The fraction of sp³-hybridized carbons (Fsp3) is 0.417. The zero-order valence-electron chi connectivity index (χ0n) is 11.2. The third-order valence-corrected chi connectivity index (χ3v) is 3.94. The van der Waals surface area contributed by atoms with Gasteiger partial charge < -0.3 is 4.74 Å². The Balaban J connectivity index is 3.19. The van der Waals surface area contributed by atoms with Gasteiger partial charge in [-0.15, -0.1) is 0 Å². The van der Waals surface area contributed by atoms with Crippen molar-refractivity contribution < 1.29 is 26.7 Å². The van der Waals surface area contributed by atoms with Crippen LogP contribution in [-0.4, -0.2) is 27.2 Å². The average Bonchev–Trinajstić information content (AvgIpc) is 2.31. The first-order valence-electron chi connectivity index (χ1n) is 5.74. The SMILES string of the molecule is COC(=O)c1c(F)ccc(NS(=O)(=O)CC(C)C)c1F. The van der Waals surface area contributed by atoms with E-state index in [2.05, 4.69) is 4.74 Å². The Kier molecular flexibility index (Phi) is 5.04. The van der Waals surface area contributed by atoms with Crippen LogP contribution in [0.3, 0.4) is 0 Å². The minimum atomic E-state index is -3.78. The summed E-state index contributed by atoms with van der Waals surface area (Å²) in [6, 6.07) is 1.71. The van der Waals surface area contributed by atoms with E-state index < -0.39 is 38.9 Å². The van der Waals surface area contributed by atoms with Crippen molar-refractivity contribution in [2.75, 3.05) is 17.6 Å². The Labute approximate surface area is 116 Å². The highest BCUT2D eigenvalue weighted by Crippen LogP contribution is 2.23. The lowest BCUT2D eigenvalue weighted by molar-refractivity contribution is 0.0590. The van der Waals surface area contributed by atoms with E-state index in [1.54, 1.807) is 13.8 Å². The van der Waals surface area contributed by atoms with E-state index in [0.29, 0.717) is 0 Å². The van der Waals surface area contributed by atoms with E-state index in [4.69, 9.17) is 0 Å². The highest BCUT2D eigenvalue weighted by Gasteiger charge is 2.23. The second-order valence-corrected chi connectivity index (χ2v) is 6.32. The van der Waals surface area contributed by atoms with Crippen molar-refractivity contribution in [1.29, 1.82) is 0 Å². The molecule has 0 aromatic heterocycles. The molecule has 0 heterocycles. The summed E-state index contributed by atoms with van der Waals surface area (Å²) in [5.41, 5.74) is -1.43. The molecule has 1 rings (SSSR count). The van der Waals surface area contributed by atoms with Gasteiger partial charge in [0.15, 0.2) is 5.82 Å². The fourth-order valence-electron chi connectivity index (χ4n) is 1.57. The van der Waals surface area contributed by atoms with Crippen molar-refractivity contribution in [1.82, 2.24) is 0 Å². The van der Waals surface area contributed by atoms with Crippen molar-refractivity contribution in [3.8, 4) is 0 Å². The summed E-state index contributed by atoms with van der Waals surface area (Å²) in [6.45, 7) is 3.36. The van der Waals surface area contributed by atoms with Crippen molar-refractivity contribution in [2.45, 2.75) is 13.8 Å². The summed E-state index contributed by atoms with van der Waals surface area (Å²) >= 11 is 0. The number of anilines is 1. The average molecular weight is 307 g/mol. The number of carbonyl (C=O) groups excluding carboxylic acids is 1. The number of hydrogen-bond donors (Lipinski definition) is 1. The van der Waals surface area contributed by atoms with Crippen LogP contribution in [0.2, 0.25) is 0 Å².